The van der Waals surface area contributed by atoms with Crippen molar-refractivity contribution in [3.8, 4) is 0 Å². The minimum Gasteiger partial charge on any atom is -0.382 e. The Balaban J connectivity index is 1.77. The van der Waals surface area contributed by atoms with Crippen LogP contribution in [-0.2, 0) is 16.1 Å². The summed E-state index contributed by atoms with van der Waals surface area (Å²) in [6, 6.07) is 0.248. The molecule has 0 radical (unpaired) electrons. The standard InChI is InChI=1S/C17H28N6O2/c1-3-25-8-4-6-19-16-14-10-23(13-5-7-18-9-13)15(24)11-22(2)17(14)21-12-20-16/h12-13,18H,3-11H2,1-2H3,(H,19,20,21). The third kappa shape index (κ3) is 4.19. The molecule has 25 heavy (non-hydrogen) atoms. The topological polar surface area (TPSA) is 82.6 Å². The molecule has 2 aliphatic heterocycles. The van der Waals surface area contributed by atoms with E-state index >= 15 is 0 Å². The highest BCUT2D eigenvalue weighted by Crippen LogP contribution is 2.29. The van der Waals surface area contributed by atoms with Crippen LogP contribution >= 0.6 is 0 Å². The maximum atomic E-state index is 12.7. The minimum atomic E-state index is 0.150. The van der Waals surface area contributed by atoms with Crippen molar-refractivity contribution in [3.05, 3.63) is 11.9 Å². The van der Waals surface area contributed by atoms with Gasteiger partial charge in [0, 0.05) is 39.4 Å². The summed E-state index contributed by atoms with van der Waals surface area (Å²) in [6.07, 6.45) is 3.48. The predicted octanol–water partition coefficient (Wildman–Crippen LogP) is 0.455. The second-order valence-corrected chi connectivity index (χ2v) is 6.53. The summed E-state index contributed by atoms with van der Waals surface area (Å²) in [7, 11) is 1.92. The number of ether oxygens (including phenoxy) is 1. The molecule has 3 heterocycles. The molecule has 1 fully saturated rings. The van der Waals surface area contributed by atoms with Gasteiger partial charge in [-0.3, -0.25) is 4.79 Å². The van der Waals surface area contributed by atoms with Crippen molar-refractivity contribution in [1.82, 2.24) is 20.2 Å². The fourth-order valence-corrected chi connectivity index (χ4v) is 3.42. The normalized spacial score (nSPS) is 20.6. The van der Waals surface area contributed by atoms with E-state index in [1.807, 2.05) is 23.8 Å². The summed E-state index contributed by atoms with van der Waals surface area (Å²) >= 11 is 0. The van der Waals surface area contributed by atoms with Gasteiger partial charge >= 0.3 is 0 Å². The third-order valence-electron chi connectivity index (χ3n) is 4.74. The summed E-state index contributed by atoms with van der Waals surface area (Å²) in [4.78, 5) is 25.5. The van der Waals surface area contributed by atoms with Crippen molar-refractivity contribution < 1.29 is 9.53 Å². The Morgan fingerprint density at radius 2 is 2.28 bits per heavy atom. The quantitative estimate of drug-likeness (QED) is 0.693. The average molecular weight is 348 g/mol. The van der Waals surface area contributed by atoms with Crippen molar-refractivity contribution in [3.63, 3.8) is 0 Å². The third-order valence-corrected chi connectivity index (χ3v) is 4.74. The molecule has 3 rings (SSSR count). The number of aromatic nitrogens is 2. The Hall–Kier alpha value is -1.93. The van der Waals surface area contributed by atoms with E-state index in [0.29, 0.717) is 13.1 Å². The van der Waals surface area contributed by atoms with Crippen LogP contribution < -0.4 is 15.5 Å². The molecule has 1 saturated heterocycles. The van der Waals surface area contributed by atoms with E-state index in [1.165, 1.54) is 0 Å². The highest BCUT2D eigenvalue weighted by molar-refractivity contribution is 5.84. The Bertz CT molecular complexity index is 591. The highest BCUT2D eigenvalue weighted by Gasteiger charge is 2.32. The van der Waals surface area contributed by atoms with Gasteiger partial charge in [-0.15, -0.1) is 0 Å². The Morgan fingerprint density at radius 1 is 1.40 bits per heavy atom. The van der Waals surface area contributed by atoms with Crippen molar-refractivity contribution in [2.24, 2.45) is 0 Å². The minimum absolute atomic E-state index is 0.150. The number of nitrogens with zero attached hydrogens (tertiary/aromatic N) is 4. The van der Waals surface area contributed by atoms with E-state index in [1.54, 1.807) is 6.33 Å². The fraction of sp³-hybridized carbons (Fsp3) is 0.706. The average Bonchev–Trinajstić information content (AvgIpc) is 3.09. The fourth-order valence-electron chi connectivity index (χ4n) is 3.42. The zero-order chi connectivity index (χ0) is 17.6. The van der Waals surface area contributed by atoms with Gasteiger partial charge in [0.1, 0.15) is 18.0 Å². The molecule has 0 aliphatic carbocycles. The van der Waals surface area contributed by atoms with Crippen molar-refractivity contribution in [2.75, 3.05) is 56.7 Å². The number of amides is 1. The summed E-state index contributed by atoms with van der Waals surface area (Å²) in [5.74, 6) is 1.81. The number of hydrogen-bond donors (Lipinski definition) is 2. The number of nitrogens with one attached hydrogen (secondary N) is 2. The van der Waals surface area contributed by atoms with E-state index in [0.717, 1.165) is 62.9 Å². The van der Waals surface area contributed by atoms with Gasteiger partial charge in [0.15, 0.2) is 0 Å². The number of hydrogen-bond acceptors (Lipinski definition) is 7. The van der Waals surface area contributed by atoms with E-state index < -0.39 is 0 Å². The van der Waals surface area contributed by atoms with Crippen LogP contribution in [0.3, 0.4) is 0 Å². The van der Waals surface area contributed by atoms with E-state index in [2.05, 4.69) is 20.6 Å². The molecule has 1 aromatic heterocycles. The summed E-state index contributed by atoms with van der Waals surface area (Å²) in [6.45, 7) is 6.97. The lowest BCUT2D eigenvalue weighted by molar-refractivity contribution is -0.132. The van der Waals surface area contributed by atoms with Crippen LogP contribution in [0.15, 0.2) is 6.33 Å². The molecule has 0 aromatic carbocycles. The Kier molecular flexibility index (Phi) is 6.04. The predicted molar refractivity (Wildman–Crippen MR) is 96.7 cm³/mol. The van der Waals surface area contributed by atoms with Crippen LogP contribution in [0.25, 0.3) is 0 Å². The number of likely N-dealkylation sites (N-methyl/N-ethyl adjacent to an activating group) is 1. The lowest BCUT2D eigenvalue weighted by Crippen LogP contribution is -2.43. The molecule has 0 spiro atoms. The number of carbonyl (C=O) groups is 1. The molecular weight excluding hydrogens is 320 g/mol. The maximum absolute atomic E-state index is 12.7. The van der Waals surface area contributed by atoms with Gasteiger partial charge in [-0.25, -0.2) is 9.97 Å². The van der Waals surface area contributed by atoms with Crippen LogP contribution in [0, 0.1) is 0 Å². The zero-order valence-corrected chi connectivity index (χ0v) is 15.1. The molecule has 1 unspecified atom stereocenters. The summed E-state index contributed by atoms with van der Waals surface area (Å²) in [5.41, 5.74) is 0.999. The molecule has 1 amide bonds. The molecule has 0 saturated carbocycles. The van der Waals surface area contributed by atoms with Gasteiger partial charge < -0.3 is 25.2 Å². The van der Waals surface area contributed by atoms with E-state index in [9.17, 15) is 4.79 Å². The van der Waals surface area contributed by atoms with Crippen LogP contribution in [0.5, 0.6) is 0 Å². The molecule has 8 nitrogen and oxygen atoms in total. The van der Waals surface area contributed by atoms with E-state index in [4.69, 9.17) is 4.74 Å². The first-order valence-electron chi connectivity index (χ1n) is 9.07. The largest absolute Gasteiger partial charge is 0.382 e. The van der Waals surface area contributed by atoms with E-state index in [-0.39, 0.29) is 11.9 Å². The Labute approximate surface area is 148 Å². The molecule has 1 atom stereocenters. The van der Waals surface area contributed by atoms with Gasteiger partial charge in [0.2, 0.25) is 5.91 Å². The van der Waals surface area contributed by atoms with Gasteiger partial charge in [-0.2, -0.15) is 0 Å². The van der Waals surface area contributed by atoms with Gasteiger partial charge in [-0.1, -0.05) is 0 Å². The molecule has 1 aromatic rings. The summed E-state index contributed by atoms with van der Waals surface area (Å²) < 4.78 is 5.38. The smallest absolute Gasteiger partial charge is 0.242 e. The van der Waals surface area contributed by atoms with Gasteiger partial charge in [0.25, 0.3) is 0 Å². The van der Waals surface area contributed by atoms with Gasteiger partial charge in [-0.05, 0) is 26.3 Å². The first kappa shape index (κ1) is 17.9. The summed E-state index contributed by atoms with van der Waals surface area (Å²) in [5, 5.41) is 6.74. The number of rotatable bonds is 7. The zero-order valence-electron chi connectivity index (χ0n) is 15.1. The SMILES string of the molecule is CCOCCCNc1ncnc2c1CN(C1CCNC1)C(=O)CN2C. The van der Waals surface area contributed by atoms with Crippen LogP contribution in [0.2, 0.25) is 0 Å². The van der Waals surface area contributed by atoms with Crippen LogP contribution in [-0.4, -0.2) is 73.3 Å². The first-order chi connectivity index (χ1) is 12.2. The monoisotopic (exact) mass is 348 g/mol. The first-order valence-corrected chi connectivity index (χ1v) is 9.07. The van der Waals surface area contributed by atoms with Crippen LogP contribution in [0.1, 0.15) is 25.3 Å². The second-order valence-electron chi connectivity index (χ2n) is 6.53. The second kappa shape index (κ2) is 8.44. The van der Waals surface area contributed by atoms with Crippen molar-refractivity contribution in [2.45, 2.75) is 32.4 Å². The lowest BCUT2D eigenvalue weighted by atomic mass is 10.2. The number of anilines is 2. The maximum Gasteiger partial charge on any atom is 0.242 e. The number of fused-ring (bicyclic) bond motifs is 1. The van der Waals surface area contributed by atoms with Crippen molar-refractivity contribution in [1.29, 1.82) is 0 Å². The van der Waals surface area contributed by atoms with Crippen molar-refractivity contribution >= 4 is 17.5 Å². The molecular formula is C17H28N6O2. The number of carbonyl (C=O) groups excluding carboxylic acids is 1. The Morgan fingerprint density at radius 3 is 3.04 bits per heavy atom. The molecule has 138 valence electrons. The molecule has 2 N–H and O–H groups in total. The molecule has 0 bridgehead atoms. The van der Waals surface area contributed by atoms with Gasteiger partial charge in [0.05, 0.1) is 18.7 Å². The van der Waals surface area contributed by atoms with Crippen LogP contribution in [0.4, 0.5) is 11.6 Å². The molecule has 2 aliphatic rings. The highest BCUT2D eigenvalue weighted by atomic mass is 16.5. The lowest BCUT2D eigenvalue weighted by Gasteiger charge is -2.27. The molecule has 8 heteroatoms.